The summed E-state index contributed by atoms with van der Waals surface area (Å²) in [6, 6.07) is 13.5. The maximum atomic E-state index is 14.9. The Bertz CT molecular complexity index is 2030. The first-order valence-corrected chi connectivity index (χ1v) is 17.9. The van der Waals surface area contributed by atoms with Crippen LogP contribution >= 0.6 is 0 Å². The second-order valence-corrected chi connectivity index (χ2v) is 14.5. The van der Waals surface area contributed by atoms with Crippen LogP contribution in [0.25, 0.3) is 11.1 Å². The number of rotatable bonds is 17. The summed E-state index contributed by atoms with van der Waals surface area (Å²) in [5.74, 6) is -9.60. The molecule has 58 heavy (non-hydrogen) atoms. The van der Waals surface area contributed by atoms with Crippen molar-refractivity contribution in [3.8, 4) is 11.1 Å². The number of hydrogen-bond acceptors (Lipinski definition) is 9. The molecule has 3 atom stereocenters. The minimum Gasteiger partial charge on any atom is -0.428 e. The number of nitrogens with one attached hydrogen (secondary N) is 3. The minimum absolute atomic E-state index is 0.0723. The highest BCUT2D eigenvalue weighted by molar-refractivity contribution is 6.12. The Hall–Kier alpha value is -5.95. The van der Waals surface area contributed by atoms with E-state index in [1.807, 2.05) is 12.1 Å². The molecule has 0 saturated carbocycles. The zero-order chi connectivity index (χ0) is 43.0. The smallest absolute Gasteiger partial charge is 0.428 e. The lowest BCUT2D eigenvalue weighted by atomic mass is 9.74. The van der Waals surface area contributed by atoms with Crippen LogP contribution in [0.1, 0.15) is 50.8 Å². The summed E-state index contributed by atoms with van der Waals surface area (Å²) in [7, 11) is 0. The minimum atomic E-state index is -5.57. The van der Waals surface area contributed by atoms with Crippen molar-refractivity contribution in [2.75, 3.05) is 26.2 Å². The van der Waals surface area contributed by atoms with Gasteiger partial charge in [0.2, 0.25) is 17.5 Å². The zero-order valence-corrected chi connectivity index (χ0v) is 31.7. The first-order valence-electron chi connectivity index (χ1n) is 17.9. The van der Waals surface area contributed by atoms with Crippen LogP contribution in [0.2, 0.25) is 0 Å². The van der Waals surface area contributed by atoms with Gasteiger partial charge in [-0.15, -0.1) is 0 Å². The number of amides is 5. The van der Waals surface area contributed by atoms with E-state index in [0.29, 0.717) is 5.69 Å². The average molecular weight is 819 g/mol. The summed E-state index contributed by atoms with van der Waals surface area (Å²) >= 11 is 0. The van der Waals surface area contributed by atoms with E-state index in [1.165, 1.54) is 6.07 Å². The molecule has 1 aliphatic rings. The number of nitrogens with zero attached hydrogens (tertiary/aromatic N) is 2. The molecule has 0 unspecified atom stereocenters. The summed E-state index contributed by atoms with van der Waals surface area (Å²) in [4.78, 5) is 74.8. The molecule has 14 nitrogen and oxygen atoms in total. The third-order valence-corrected chi connectivity index (χ3v) is 9.08. The average Bonchev–Trinajstić information content (AvgIpc) is 3.69. The topological polar surface area (TPSA) is 202 Å². The third kappa shape index (κ3) is 11.6. The van der Waals surface area contributed by atoms with Gasteiger partial charge in [0.25, 0.3) is 17.7 Å². The number of hydrogen-bond donors (Lipinski definition) is 5. The van der Waals surface area contributed by atoms with Gasteiger partial charge in [-0.25, -0.2) is 13.6 Å². The van der Waals surface area contributed by atoms with Gasteiger partial charge in [-0.1, -0.05) is 51.1 Å². The van der Waals surface area contributed by atoms with Gasteiger partial charge in [0.15, 0.2) is 0 Å². The van der Waals surface area contributed by atoms with Gasteiger partial charge in [-0.05, 0) is 35.2 Å². The molecule has 0 saturated heterocycles. The lowest BCUT2D eigenvalue weighted by Crippen LogP contribution is -2.60. The maximum absolute atomic E-state index is 14.9. The van der Waals surface area contributed by atoms with Crippen LogP contribution in [0.4, 0.5) is 22.0 Å². The monoisotopic (exact) mass is 818 g/mol. The van der Waals surface area contributed by atoms with Crippen LogP contribution in [0.3, 0.4) is 0 Å². The van der Waals surface area contributed by atoms with Crippen molar-refractivity contribution in [2.24, 2.45) is 11.1 Å². The van der Waals surface area contributed by atoms with Crippen LogP contribution in [0.15, 0.2) is 72.9 Å². The van der Waals surface area contributed by atoms with Crippen molar-refractivity contribution in [2.45, 2.75) is 64.1 Å². The number of carbonyl (C=O) groups is 6. The molecule has 312 valence electrons. The molecule has 4 rings (SSSR count). The highest BCUT2D eigenvalue weighted by Crippen LogP contribution is 2.41. The molecule has 6 N–H and O–H groups in total. The number of alkyl halides is 3. The van der Waals surface area contributed by atoms with Crippen molar-refractivity contribution in [1.82, 2.24) is 25.4 Å². The van der Waals surface area contributed by atoms with Crippen LogP contribution in [0, 0.1) is 17.0 Å². The number of nitrogens with two attached hydrogens (primary N) is 1. The zero-order valence-electron chi connectivity index (χ0n) is 31.7. The molecular weight excluding hydrogens is 775 g/mol. The van der Waals surface area contributed by atoms with Crippen LogP contribution in [-0.2, 0) is 40.0 Å². The predicted molar refractivity (Wildman–Crippen MR) is 197 cm³/mol. The summed E-state index contributed by atoms with van der Waals surface area (Å²) < 4.78 is 74.8. The Labute approximate surface area is 329 Å². The normalized spacial score (nSPS) is 15.1. The van der Waals surface area contributed by atoms with Crippen LogP contribution in [0.5, 0.6) is 0 Å². The van der Waals surface area contributed by atoms with Gasteiger partial charge in [0, 0.05) is 86.7 Å². The number of benzene rings is 2. The number of esters is 1. The molecule has 0 aliphatic carbocycles. The summed E-state index contributed by atoms with van der Waals surface area (Å²) in [5.41, 5.74) is 3.29. The van der Waals surface area contributed by atoms with E-state index in [1.54, 1.807) is 49.7 Å². The van der Waals surface area contributed by atoms with Gasteiger partial charge in [0.1, 0.15) is 17.7 Å². The van der Waals surface area contributed by atoms with E-state index >= 15 is 0 Å². The standard InChI is InChI=1S/C39H43F5N6O8/c1-37(2,3)32(28-19-24(26-20-25(40)9-10-27(26)41)22-49(28)21-23-7-5-4-6-8-23)33(54)34(55)47-16-14-38(45,58-36(57)39(42,43)44)35(56)48-15-13-29(51)46-17-18-50-30(52)11-12-31(50)53/h4-12,19-20,22,32-33,54H,13-18,21,45H2,1-3H3,(H,46,51)(H,47,55)(H,48,56)/t32-,33+,38+/m1/s1. The molecule has 0 spiro atoms. The van der Waals surface area contributed by atoms with Gasteiger partial charge in [0.05, 0.1) is 0 Å². The van der Waals surface area contributed by atoms with Crippen molar-refractivity contribution in [1.29, 1.82) is 0 Å². The van der Waals surface area contributed by atoms with E-state index in [2.05, 4.69) is 20.7 Å². The Morgan fingerprint density at radius 2 is 1.53 bits per heavy atom. The Kier molecular flexibility index (Phi) is 14.3. The summed E-state index contributed by atoms with van der Waals surface area (Å²) in [5, 5.41) is 18.4. The molecule has 3 aromatic rings. The molecule has 5 amide bonds. The van der Waals surface area contributed by atoms with E-state index in [0.717, 1.165) is 40.8 Å². The summed E-state index contributed by atoms with van der Waals surface area (Å²) in [6.45, 7) is 3.87. The van der Waals surface area contributed by atoms with Crippen LogP contribution < -0.4 is 21.7 Å². The molecule has 0 bridgehead atoms. The molecular formula is C39H43F5N6O8. The first kappa shape index (κ1) is 44.8. The fourth-order valence-electron chi connectivity index (χ4n) is 6.20. The SMILES string of the molecule is CC(C)(C)[C@H](c1cc(-c2cc(F)ccc2F)cn1Cc1ccccc1)[C@H](O)C(=O)NCC[C@](N)(OC(=O)C(F)(F)F)C(=O)NCCC(=O)NCCN1C(=O)C=CC1=O. The molecule has 0 fully saturated rings. The molecule has 2 aromatic carbocycles. The number of aliphatic hydroxyl groups excluding tert-OH is 1. The van der Waals surface area contributed by atoms with Crippen molar-refractivity contribution in [3.63, 3.8) is 0 Å². The van der Waals surface area contributed by atoms with E-state index < -0.39 is 102 Å². The predicted octanol–water partition coefficient (Wildman–Crippen LogP) is 2.79. The molecule has 2 heterocycles. The van der Waals surface area contributed by atoms with Crippen molar-refractivity contribution >= 4 is 35.5 Å². The van der Waals surface area contributed by atoms with Gasteiger partial charge < -0.3 is 30.4 Å². The Morgan fingerprint density at radius 3 is 2.16 bits per heavy atom. The number of halogens is 5. The number of aliphatic hydroxyl groups is 1. The van der Waals surface area contributed by atoms with Crippen molar-refractivity contribution < 1.29 is 60.6 Å². The van der Waals surface area contributed by atoms with E-state index in [4.69, 9.17) is 5.73 Å². The van der Waals surface area contributed by atoms with Gasteiger partial charge in [-0.3, -0.25) is 34.6 Å². The highest BCUT2D eigenvalue weighted by atomic mass is 19.4. The van der Waals surface area contributed by atoms with E-state index in [-0.39, 0.29) is 30.8 Å². The van der Waals surface area contributed by atoms with E-state index in [9.17, 15) is 55.8 Å². The van der Waals surface area contributed by atoms with Crippen LogP contribution in [-0.4, -0.2) is 94.3 Å². The molecule has 0 radical (unpaired) electrons. The molecule has 1 aromatic heterocycles. The quantitative estimate of drug-likeness (QED) is 0.0588. The highest BCUT2D eigenvalue weighted by Gasteiger charge is 2.48. The van der Waals surface area contributed by atoms with Gasteiger partial charge >= 0.3 is 12.1 Å². The first-order chi connectivity index (χ1) is 27.1. The number of aromatic nitrogens is 1. The lowest BCUT2D eigenvalue weighted by molar-refractivity contribution is -0.214. The maximum Gasteiger partial charge on any atom is 0.491 e. The lowest BCUT2D eigenvalue weighted by Gasteiger charge is -2.35. The molecule has 1 aliphatic heterocycles. The Balaban J connectivity index is 1.48. The fourth-order valence-corrected chi connectivity index (χ4v) is 6.20. The fraction of sp³-hybridized carbons (Fsp3) is 0.385. The Morgan fingerprint density at radius 1 is 0.879 bits per heavy atom. The van der Waals surface area contributed by atoms with Gasteiger partial charge in [-0.2, -0.15) is 13.2 Å². The number of imide groups is 1. The van der Waals surface area contributed by atoms with Crippen molar-refractivity contribution in [3.05, 3.63) is 95.8 Å². The largest absolute Gasteiger partial charge is 0.491 e. The number of carbonyl (C=O) groups excluding carboxylic acids is 6. The molecule has 19 heteroatoms. The second kappa shape index (κ2) is 18.5. The summed E-state index contributed by atoms with van der Waals surface area (Å²) in [6.07, 6.45) is -5.13. The third-order valence-electron chi connectivity index (χ3n) is 9.08. The number of ether oxygens (including phenoxy) is 1. The second-order valence-electron chi connectivity index (χ2n) is 14.5.